The van der Waals surface area contributed by atoms with E-state index >= 15 is 0 Å². The van der Waals surface area contributed by atoms with Crippen LogP contribution in [0.15, 0.2) is 42.5 Å². The number of hydrogen-bond donors (Lipinski definition) is 1. The van der Waals surface area contributed by atoms with Gasteiger partial charge in [0.15, 0.2) is 11.5 Å². The first-order valence-corrected chi connectivity index (χ1v) is 14.7. The van der Waals surface area contributed by atoms with Crippen LogP contribution >= 0.6 is 0 Å². The minimum atomic E-state index is -1.23. The van der Waals surface area contributed by atoms with Gasteiger partial charge < -0.3 is 29.1 Å². The molecular formula is C32H45N3O6. The largest absolute Gasteiger partial charge is 0.493 e. The Labute approximate surface area is 244 Å². The number of aryl methyl sites for hydroxylation is 1. The fourth-order valence-corrected chi connectivity index (χ4v) is 5.49. The molecule has 2 amide bonds. The second kappa shape index (κ2) is 14.5. The number of benzene rings is 2. The number of hydrogen-bond acceptors (Lipinski definition) is 7. The van der Waals surface area contributed by atoms with E-state index in [-0.39, 0.29) is 25.0 Å². The Bertz CT molecular complexity index is 1160. The molecule has 2 heterocycles. The molecule has 0 spiro atoms. The van der Waals surface area contributed by atoms with Gasteiger partial charge in [0, 0.05) is 52.6 Å². The number of likely N-dealkylation sites (tertiary alicyclic amines) is 1. The molecule has 9 nitrogen and oxygen atoms in total. The van der Waals surface area contributed by atoms with E-state index in [1.807, 2.05) is 54.3 Å². The van der Waals surface area contributed by atoms with Crippen molar-refractivity contribution in [3.8, 4) is 17.2 Å². The Kier molecular flexibility index (Phi) is 10.9. The zero-order valence-corrected chi connectivity index (χ0v) is 24.8. The Balaban J connectivity index is 1.38. The highest BCUT2D eigenvalue weighted by atomic mass is 16.5. The van der Waals surface area contributed by atoms with Crippen LogP contribution in [0.5, 0.6) is 17.2 Å². The van der Waals surface area contributed by atoms with E-state index in [1.165, 1.54) is 6.92 Å². The number of methoxy groups -OCH3 is 1. The van der Waals surface area contributed by atoms with Crippen molar-refractivity contribution in [1.29, 1.82) is 0 Å². The Hall–Kier alpha value is -3.30. The van der Waals surface area contributed by atoms with Gasteiger partial charge in [0.1, 0.15) is 18.0 Å². The van der Waals surface area contributed by atoms with E-state index in [2.05, 4.69) is 4.90 Å². The van der Waals surface area contributed by atoms with E-state index in [1.54, 1.807) is 12.0 Å². The van der Waals surface area contributed by atoms with Crippen molar-refractivity contribution in [1.82, 2.24) is 14.7 Å². The van der Waals surface area contributed by atoms with Crippen molar-refractivity contribution in [2.24, 2.45) is 0 Å². The molecule has 0 aromatic heterocycles. The summed E-state index contributed by atoms with van der Waals surface area (Å²) in [5.41, 5.74) is 0.917. The maximum absolute atomic E-state index is 12.3. The van der Waals surface area contributed by atoms with E-state index in [0.29, 0.717) is 63.0 Å². The van der Waals surface area contributed by atoms with Gasteiger partial charge in [0.2, 0.25) is 11.8 Å². The highest BCUT2D eigenvalue weighted by Crippen LogP contribution is 2.29. The second-order valence-electron chi connectivity index (χ2n) is 11.4. The molecular weight excluding hydrogens is 522 g/mol. The number of amides is 2. The number of carbonyl (C=O) groups is 2. The smallest absolute Gasteiger partial charge is 0.222 e. The molecule has 2 aliphatic heterocycles. The van der Waals surface area contributed by atoms with Crippen LogP contribution in [0, 0.1) is 6.92 Å². The van der Waals surface area contributed by atoms with Crippen molar-refractivity contribution in [3.63, 3.8) is 0 Å². The zero-order chi connectivity index (χ0) is 29.2. The van der Waals surface area contributed by atoms with Gasteiger partial charge >= 0.3 is 0 Å². The lowest BCUT2D eigenvalue weighted by atomic mass is 10.0. The maximum atomic E-state index is 12.3. The summed E-state index contributed by atoms with van der Waals surface area (Å²) in [6.07, 6.45) is 4.56. The van der Waals surface area contributed by atoms with Crippen LogP contribution in [0.25, 0.3) is 0 Å². The van der Waals surface area contributed by atoms with Crippen LogP contribution in [0.3, 0.4) is 0 Å². The van der Waals surface area contributed by atoms with Crippen LogP contribution in [0.4, 0.5) is 0 Å². The summed E-state index contributed by atoms with van der Waals surface area (Å²) in [5.74, 6) is 2.17. The van der Waals surface area contributed by atoms with Gasteiger partial charge in [0.25, 0.3) is 0 Å². The lowest BCUT2D eigenvalue weighted by molar-refractivity contribution is -0.132. The summed E-state index contributed by atoms with van der Waals surface area (Å²) in [7, 11) is 1.62. The van der Waals surface area contributed by atoms with Crippen molar-refractivity contribution in [2.75, 3.05) is 59.6 Å². The summed E-state index contributed by atoms with van der Waals surface area (Å²) in [4.78, 5) is 30.4. The second-order valence-corrected chi connectivity index (χ2v) is 11.4. The summed E-state index contributed by atoms with van der Waals surface area (Å²) >= 11 is 0. The molecule has 0 radical (unpaired) electrons. The molecule has 2 aliphatic rings. The summed E-state index contributed by atoms with van der Waals surface area (Å²) in [6.45, 7) is 7.92. The number of ether oxygens (including phenoxy) is 3. The molecule has 9 heteroatoms. The molecule has 0 aliphatic carbocycles. The molecule has 2 saturated heterocycles. The average molecular weight is 568 g/mol. The average Bonchev–Trinajstić information content (AvgIpc) is 3.26. The quantitative estimate of drug-likeness (QED) is 0.415. The van der Waals surface area contributed by atoms with E-state index in [4.69, 9.17) is 14.2 Å². The van der Waals surface area contributed by atoms with Crippen molar-refractivity contribution in [2.45, 2.75) is 58.1 Å². The Morgan fingerprint density at radius 3 is 2.54 bits per heavy atom. The molecule has 41 heavy (non-hydrogen) atoms. The van der Waals surface area contributed by atoms with Gasteiger partial charge in [-0.15, -0.1) is 0 Å². The van der Waals surface area contributed by atoms with Crippen LogP contribution in [-0.2, 0) is 16.1 Å². The lowest BCUT2D eigenvalue weighted by Gasteiger charge is -2.32. The monoisotopic (exact) mass is 567 g/mol. The number of rotatable bonds is 11. The summed E-state index contributed by atoms with van der Waals surface area (Å²) in [5, 5.41) is 11.6. The zero-order valence-electron chi connectivity index (χ0n) is 24.8. The SMILES string of the molecule is COc1ccc(CN2CCN(C(C)=O)C[C@@](O)(COc3ccc(C)cc3)C2)cc1OCCCN1CCCCCC1=O. The molecule has 0 bridgehead atoms. The number of carbonyl (C=O) groups excluding carboxylic acids is 2. The fourth-order valence-electron chi connectivity index (χ4n) is 5.49. The molecule has 0 unspecified atom stereocenters. The summed E-state index contributed by atoms with van der Waals surface area (Å²) in [6, 6.07) is 13.6. The normalized spacial score (nSPS) is 20.3. The molecule has 2 aromatic rings. The van der Waals surface area contributed by atoms with E-state index in [0.717, 1.165) is 43.4 Å². The molecule has 4 rings (SSSR count). The lowest BCUT2D eigenvalue weighted by Crippen LogP contribution is -2.51. The third-order valence-electron chi connectivity index (χ3n) is 7.80. The Morgan fingerprint density at radius 1 is 0.976 bits per heavy atom. The highest BCUT2D eigenvalue weighted by Gasteiger charge is 2.37. The predicted molar refractivity (Wildman–Crippen MR) is 157 cm³/mol. The van der Waals surface area contributed by atoms with Gasteiger partial charge in [-0.1, -0.05) is 30.2 Å². The molecule has 1 N–H and O–H groups in total. The Morgan fingerprint density at radius 2 is 1.78 bits per heavy atom. The molecule has 2 fully saturated rings. The maximum Gasteiger partial charge on any atom is 0.222 e. The first-order valence-electron chi connectivity index (χ1n) is 14.7. The minimum absolute atomic E-state index is 0.0670. The van der Waals surface area contributed by atoms with Gasteiger partial charge in [-0.3, -0.25) is 14.5 Å². The standard InChI is InChI=1S/C32H45N3O6/c1-25-9-12-28(13-10-25)41-24-32(38)22-33(17-18-35(23-32)26(2)36)21-27-11-14-29(39-3)30(20-27)40-19-7-16-34-15-6-4-5-8-31(34)37/h9-14,20,38H,4-8,15-19,21-24H2,1-3H3/t32-/m1/s1. The summed E-state index contributed by atoms with van der Waals surface area (Å²) < 4.78 is 17.6. The molecule has 224 valence electrons. The highest BCUT2D eigenvalue weighted by molar-refractivity contribution is 5.76. The van der Waals surface area contributed by atoms with Crippen LogP contribution in [0.2, 0.25) is 0 Å². The first-order chi connectivity index (χ1) is 19.7. The third kappa shape index (κ3) is 9.10. The topological polar surface area (TPSA) is 91.8 Å². The van der Waals surface area contributed by atoms with Gasteiger partial charge in [-0.05, 0) is 56.0 Å². The van der Waals surface area contributed by atoms with Gasteiger partial charge in [-0.25, -0.2) is 0 Å². The number of nitrogens with zero attached hydrogens (tertiary/aromatic N) is 3. The van der Waals surface area contributed by atoms with Crippen molar-refractivity contribution in [3.05, 3.63) is 53.6 Å². The number of aliphatic hydroxyl groups is 1. The van der Waals surface area contributed by atoms with Crippen molar-refractivity contribution >= 4 is 11.8 Å². The van der Waals surface area contributed by atoms with Gasteiger partial charge in [0.05, 0.1) is 20.3 Å². The minimum Gasteiger partial charge on any atom is -0.493 e. The fraction of sp³-hybridized carbons (Fsp3) is 0.562. The molecule has 1 atom stereocenters. The number of β-amino-alcohol motifs (C(OH)–C–C–N with tert-alkyl or cyclic N) is 1. The van der Waals surface area contributed by atoms with Crippen LogP contribution in [-0.4, -0.2) is 96.8 Å². The first kappa shape index (κ1) is 30.7. The van der Waals surface area contributed by atoms with Crippen LogP contribution < -0.4 is 14.2 Å². The van der Waals surface area contributed by atoms with E-state index in [9.17, 15) is 14.7 Å². The van der Waals surface area contributed by atoms with Gasteiger partial charge in [-0.2, -0.15) is 0 Å². The molecule has 2 aromatic carbocycles. The third-order valence-corrected chi connectivity index (χ3v) is 7.80. The molecule has 0 saturated carbocycles. The van der Waals surface area contributed by atoms with E-state index < -0.39 is 5.60 Å². The van der Waals surface area contributed by atoms with Crippen molar-refractivity contribution < 1.29 is 28.9 Å². The van der Waals surface area contributed by atoms with Crippen LogP contribution in [0.1, 0.15) is 50.2 Å². The predicted octanol–water partition coefficient (Wildman–Crippen LogP) is 3.65.